The molecule has 1 atom stereocenters. The second-order valence-corrected chi connectivity index (χ2v) is 4.14. The van der Waals surface area contributed by atoms with Crippen molar-refractivity contribution in [2.75, 3.05) is 12.8 Å². The minimum atomic E-state index is 0.0867. The molecule has 3 heteroatoms. The van der Waals surface area contributed by atoms with E-state index in [1.807, 2.05) is 19.3 Å². The molecule has 88 valence electrons. The lowest BCUT2D eigenvalue weighted by Crippen LogP contribution is -2.19. The molecule has 1 aromatic carbocycles. The highest BCUT2D eigenvalue weighted by molar-refractivity contribution is 5.49. The lowest BCUT2D eigenvalue weighted by Gasteiger charge is -2.18. The maximum atomic E-state index is 5.99. The van der Waals surface area contributed by atoms with Crippen LogP contribution >= 0.6 is 0 Å². The fraction of sp³-hybridized carbons (Fsp3) is 0.214. The fourth-order valence-corrected chi connectivity index (χ4v) is 2.01. The predicted octanol–water partition coefficient (Wildman–Crippen LogP) is 2.28. The minimum Gasteiger partial charge on any atom is -0.398 e. The Morgan fingerprint density at radius 3 is 2.76 bits per heavy atom. The van der Waals surface area contributed by atoms with Gasteiger partial charge < -0.3 is 11.1 Å². The third kappa shape index (κ3) is 2.45. The topological polar surface area (TPSA) is 50.9 Å². The molecule has 0 saturated carbocycles. The van der Waals surface area contributed by atoms with E-state index in [2.05, 4.69) is 41.5 Å². The number of hydrogen-bond acceptors (Lipinski definition) is 3. The first-order valence-corrected chi connectivity index (χ1v) is 5.65. The molecule has 2 aromatic rings. The van der Waals surface area contributed by atoms with Crippen molar-refractivity contribution in [1.29, 1.82) is 0 Å². The van der Waals surface area contributed by atoms with Crippen molar-refractivity contribution in [1.82, 2.24) is 10.3 Å². The molecule has 0 saturated heterocycles. The van der Waals surface area contributed by atoms with Crippen LogP contribution in [0.5, 0.6) is 0 Å². The summed E-state index contributed by atoms with van der Waals surface area (Å²) >= 11 is 0. The van der Waals surface area contributed by atoms with E-state index in [4.69, 9.17) is 5.73 Å². The standard InChI is InChI=1S/C14H17N3/c1-10-4-3-5-11(8-10)14(16-2)12-9-17-7-6-13(12)15/h3-9,14,16H,1-2H3,(H2,15,17). The van der Waals surface area contributed by atoms with Crippen molar-refractivity contribution in [3.05, 3.63) is 59.4 Å². The molecule has 1 aromatic heterocycles. The Morgan fingerprint density at radius 1 is 1.29 bits per heavy atom. The molecule has 0 amide bonds. The number of nitrogen functional groups attached to an aromatic ring is 1. The Kier molecular flexibility index (Phi) is 3.40. The van der Waals surface area contributed by atoms with Gasteiger partial charge in [-0.1, -0.05) is 29.8 Å². The fourth-order valence-electron chi connectivity index (χ4n) is 2.01. The van der Waals surface area contributed by atoms with E-state index in [0.29, 0.717) is 0 Å². The van der Waals surface area contributed by atoms with E-state index in [9.17, 15) is 0 Å². The molecule has 0 fully saturated rings. The Bertz CT molecular complexity index is 508. The summed E-state index contributed by atoms with van der Waals surface area (Å²) in [5.74, 6) is 0. The van der Waals surface area contributed by atoms with E-state index < -0.39 is 0 Å². The van der Waals surface area contributed by atoms with Crippen molar-refractivity contribution < 1.29 is 0 Å². The minimum absolute atomic E-state index is 0.0867. The smallest absolute Gasteiger partial charge is 0.0610 e. The monoisotopic (exact) mass is 227 g/mol. The number of nitrogens with zero attached hydrogens (tertiary/aromatic N) is 1. The summed E-state index contributed by atoms with van der Waals surface area (Å²) in [6, 6.07) is 10.3. The maximum Gasteiger partial charge on any atom is 0.0610 e. The molecule has 2 rings (SSSR count). The molecule has 0 aliphatic carbocycles. The zero-order valence-corrected chi connectivity index (χ0v) is 10.1. The number of pyridine rings is 1. The molecular weight excluding hydrogens is 210 g/mol. The van der Waals surface area contributed by atoms with Gasteiger partial charge >= 0.3 is 0 Å². The zero-order valence-electron chi connectivity index (χ0n) is 10.1. The van der Waals surface area contributed by atoms with Crippen LogP contribution in [0.1, 0.15) is 22.7 Å². The molecule has 3 N–H and O–H groups in total. The average molecular weight is 227 g/mol. The summed E-state index contributed by atoms with van der Waals surface area (Å²) in [7, 11) is 1.93. The number of rotatable bonds is 3. The van der Waals surface area contributed by atoms with E-state index in [-0.39, 0.29) is 6.04 Å². The molecule has 1 unspecified atom stereocenters. The van der Waals surface area contributed by atoms with Crippen LogP contribution in [0.4, 0.5) is 5.69 Å². The van der Waals surface area contributed by atoms with E-state index in [1.54, 1.807) is 6.20 Å². The van der Waals surface area contributed by atoms with Crippen LogP contribution in [0.25, 0.3) is 0 Å². The third-order valence-electron chi connectivity index (χ3n) is 2.86. The highest BCUT2D eigenvalue weighted by Gasteiger charge is 2.14. The van der Waals surface area contributed by atoms with Crippen molar-refractivity contribution in [2.24, 2.45) is 0 Å². The molecular formula is C14H17N3. The molecule has 0 aliphatic rings. The largest absolute Gasteiger partial charge is 0.398 e. The summed E-state index contributed by atoms with van der Waals surface area (Å²) in [6.07, 6.45) is 3.53. The van der Waals surface area contributed by atoms with Crippen LogP contribution in [-0.4, -0.2) is 12.0 Å². The van der Waals surface area contributed by atoms with E-state index in [0.717, 1.165) is 11.3 Å². The van der Waals surface area contributed by atoms with Gasteiger partial charge in [-0.2, -0.15) is 0 Å². The zero-order chi connectivity index (χ0) is 12.3. The number of nitrogens with two attached hydrogens (primary N) is 1. The third-order valence-corrected chi connectivity index (χ3v) is 2.86. The number of nitrogens with one attached hydrogen (secondary N) is 1. The Labute approximate surface area is 102 Å². The van der Waals surface area contributed by atoms with Gasteiger partial charge in [-0.25, -0.2) is 0 Å². The first-order valence-electron chi connectivity index (χ1n) is 5.65. The molecule has 0 spiro atoms. The number of aryl methyl sites for hydroxylation is 1. The Morgan fingerprint density at radius 2 is 2.12 bits per heavy atom. The molecule has 1 heterocycles. The van der Waals surface area contributed by atoms with Gasteiger partial charge in [0.2, 0.25) is 0 Å². The number of benzene rings is 1. The first-order chi connectivity index (χ1) is 8.22. The molecule has 17 heavy (non-hydrogen) atoms. The van der Waals surface area contributed by atoms with Crippen molar-refractivity contribution in [2.45, 2.75) is 13.0 Å². The SMILES string of the molecule is CNC(c1cccc(C)c1)c1cnccc1N. The normalized spacial score (nSPS) is 12.4. The van der Waals surface area contributed by atoms with Crippen molar-refractivity contribution in [3.63, 3.8) is 0 Å². The lowest BCUT2D eigenvalue weighted by molar-refractivity contribution is 0.690. The number of aromatic nitrogens is 1. The van der Waals surface area contributed by atoms with E-state index in [1.165, 1.54) is 11.1 Å². The second kappa shape index (κ2) is 4.97. The Balaban J connectivity index is 2.44. The van der Waals surface area contributed by atoms with Crippen LogP contribution in [0.3, 0.4) is 0 Å². The van der Waals surface area contributed by atoms with Gasteiger partial charge in [0.1, 0.15) is 0 Å². The first kappa shape index (κ1) is 11.6. The summed E-state index contributed by atoms with van der Waals surface area (Å²) in [4.78, 5) is 4.14. The maximum absolute atomic E-state index is 5.99. The highest BCUT2D eigenvalue weighted by Crippen LogP contribution is 2.25. The lowest BCUT2D eigenvalue weighted by atomic mass is 9.98. The van der Waals surface area contributed by atoms with Gasteiger partial charge in [0, 0.05) is 23.6 Å². The summed E-state index contributed by atoms with van der Waals surface area (Å²) < 4.78 is 0. The molecule has 0 bridgehead atoms. The van der Waals surface area contributed by atoms with E-state index >= 15 is 0 Å². The van der Waals surface area contributed by atoms with Gasteiger partial charge in [0.25, 0.3) is 0 Å². The van der Waals surface area contributed by atoms with Crippen LogP contribution in [-0.2, 0) is 0 Å². The highest BCUT2D eigenvalue weighted by atomic mass is 14.9. The quantitative estimate of drug-likeness (QED) is 0.845. The second-order valence-electron chi connectivity index (χ2n) is 4.14. The summed E-state index contributed by atoms with van der Waals surface area (Å²) in [6.45, 7) is 2.09. The van der Waals surface area contributed by atoms with Crippen LogP contribution < -0.4 is 11.1 Å². The van der Waals surface area contributed by atoms with Crippen LogP contribution in [0.15, 0.2) is 42.7 Å². The Hall–Kier alpha value is -1.87. The summed E-state index contributed by atoms with van der Waals surface area (Å²) in [5.41, 5.74) is 10.2. The predicted molar refractivity (Wildman–Crippen MR) is 70.7 cm³/mol. The van der Waals surface area contributed by atoms with Gasteiger partial charge in [-0.15, -0.1) is 0 Å². The van der Waals surface area contributed by atoms with Crippen LogP contribution in [0.2, 0.25) is 0 Å². The molecule has 3 nitrogen and oxygen atoms in total. The summed E-state index contributed by atoms with van der Waals surface area (Å²) in [5, 5.41) is 3.28. The number of anilines is 1. The molecule has 0 radical (unpaired) electrons. The van der Waals surface area contributed by atoms with Gasteiger partial charge in [-0.05, 0) is 25.6 Å². The average Bonchev–Trinajstić information content (AvgIpc) is 2.33. The number of hydrogen-bond donors (Lipinski definition) is 2. The van der Waals surface area contributed by atoms with Crippen molar-refractivity contribution in [3.8, 4) is 0 Å². The van der Waals surface area contributed by atoms with Crippen LogP contribution in [0, 0.1) is 6.92 Å². The van der Waals surface area contributed by atoms with Gasteiger partial charge in [0.15, 0.2) is 0 Å². The molecule has 0 aliphatic heterocycles. The van der Waals surface area contributed by atoms with Gasteiger partial charge in [0.05, 0.1) is 6.04 Å². The van der Waals surface area contributed by atoms with Crippen molar-refractivity contribution >= 4 is 5.69 Å². The van der Waals surface area contributed by atoms with Gasteiger partial charge in [-0.3, -0.25) is 4.98 Å².